The first kappa shape index (κ1) is 111. The summed E-state index contributed by atoms with van der Waals surface area (Å²) < 4.78 is 0. The van der Waals surface area contributed by atoms with Crippen LogP contribution in [0.15, 0.2) is 60.7 Å². The summed E-state index contributed by atoms with van der Waals surface area (Å²) in [5, 5.41) is 87.9. The molecule has 44 nitrogen and oxygen atoms in total. The van der Waals surface area contributed by atoms with Crippen molar-refractivity contribution in [2.24, 2.45) is 23.3 Å². The number of carbonyl (C=O) groups excluding carboxylic acids is 19. The lowest BCUT2D eigenvalue weighted by molar-refractivity contribution is -0.148. The van der Waals surface area contributed by atoms with Crippen molar-refractivity contribution in [2.45, 2.75) is 326 Å². The molecule has 0 radical (unpaired) electrons. The molecule has 0 aliphatic carbocycles. The van der Waals surface area contributed by atoms with E-state index in [0.29, 0.717) is 17.5 Å². The SMILES string of the molecule is CC[C@@H](C)[C@@H](NC(=O)C(C)(C)NC(=O)[C@H](CCC(N)=O)NC(=O)[C@@](C)(CC)NC(=O)[C@H](Cc1ccccc1)NC(C)=O)C(=O)N[C@H](C(=O)NC(C)(C)C(=O)N[C@@H](CC(C)C)C(=O)NC(C)(C)C(=O)N1C[C@H](O)C[C@H]1C(=O)N[C@@H](CCC(N)=O)C(=O)NC(C)(C)C(=O)N1C[C@H](O)C[C@@H]1C(=O)NC(C)(C)C(=O)N1CCC[C@H]1C(=O)N[C@@H](Cc1ccccc1)C(=O)N[C@H](CO)C(=O)O)[C@H](C)O. The number of primary amides is 2. The van der Waals surface area contributed by atoms with Gasteiger partial charge in [-0.3, -0.25) is 91.1 Å². The Morgan fingerprint density at radius 2 is 0.842 bits per heavy atom. The largest absolute Gasteiger partial charge is 0.480 e. The fraction of sp³-hybridized carbons (Fsp3) is 0.640. The van der Waals surface area contributed by atoms with Gasteiger partial charge in [-0.2, -0.15) is 0 Å². The Labute approximate surface area is 772 Å². The smallest absolute Gasteiger partial charge is 0.328 e. The number of hydrogen-bond acceptors (Lipinski definition) is 24. The number of nitrogens with zero attached hydrogens (tertiary/aromatic N) is 3. The van der Waals surface area contributed by atoms with E-state index in [4.69, 9.17) is 11.5 Å². The first-order valence-corrected chi connectivity index (χ1v) is 44.5. The van der Waals surface area contributed by atoms with Crippen LogP contribution in [0, 0.1) is 11.8 Å². The number of carboxylic acid groups (broad SMARTS) is 1. The number of nitrogens with one attached hydrogen (secondary N) is 14. The number of hydrogen-bond donors (Lipinski definition) is 21. The van der Waals surface area contributed by atoms with Crippen molar-refractivity contribution < 1.29 is 121 Å². The summed E-state index contributed by atoms with van der Waals surface area (Å²) in [5.74, 6) is -20.1. The van der Waals surface area contributed by atoms with Gasteiger partial charge in [0.2, 0.25) is 112 Å². The van der Waals surface area contributed by atoms with Crippen molar-refractivity contribution in [1.29, 1.82) is 0 Å². The van der Waals surface area contributed by atoms with Crippen LogP contribution in [0.2, 0.25) is 0 Å². The van der Waals surface area contributed by atoms with E-state index in [1.54, 1.807) is 95.3 Å². The highest BCUT2D eigenvalue weighted by Crippen LogP contribution is 2.29. The molecule has 3 fully saturated rings. The highest BCUT2D eigenvalue weighted by atomic mass is 16.4. The topological polar surface area (TPSA) is 673 Å². The van der Waals surface area contributed by atoms with E-state index in [2.05, 4.69) is 74.4 Å². The highest BCUT2D eigenvalue weighted by molar-refractivity contribution is 6.04. The van der Waals surface area contributed by atoms with Crippen molar-refractivity contribution in [2.75, 3.05) is 26.2 Å². The molecule has 0 saturated carbocycles. The second-order valence-electron chi connectivity index (χ2n) is 37.7. The maximum absolute atomic E-state index is 14.8. The van der Waals surface area contributed by atoms with Crippen LogP contribution < -0.4 is 85.9 Å². The molecule has 0 bridgehead atoms. The molecule has 0 aromatic heterocycles. The molecule has 0 unspecified atom stereocenters. The third-order valence-electron chi connectivity index (χ3n) is 23.5. The highest BCUT2D eigenvalue weighted by Gasteiger charge is 2.52. The van der Waals surface area contributed by atoms with E-state index in [0.717, 1.165) is 16.7 Å². The van der Waals surface area contributed by atoms with E-state index < -0.39 is 288 Å². The lowest BCUT2D eigenvalue weighted by Gasteiger charge is -2.37. The van der Waals surface area contributed by atoms with E-state index in [-0.39, 0.29) is 63.8 Å². The van der Waals surface area contributed by atoms with Crippen molar-refractivity contribution in [3.63, 3.8) is 0 Å². The summed E-state index contributed by atoms with van der Waals surface area (Å²) >= 11 is 0. The monoisotopic (exact) mass is 1870 g/mol. The van der Waals surface area contributed by atoms with Crippen LogP contribution in [0.4, 0.5) is 0 Å². The summed E-state index contributed by atoms with van der Waals surface area (Å²) in [7, 11) is 0. The standard InChI is InChI=1S/C89H137N19O25/c1-19-47(5)65(99-79(129)85(10,11)100-69(118)55(34-36-64(91)115)96-80(130)89(18,20-2)105-71(120)58(92-49(7)111)40-51-30-25-22-26-31-51)75(124)98-66(48(6)110)76(125)104-84(8,9)78(128)97-56(38-46(3)4)70(119)102-88(16,17)82(132)107-43-52(112)41-61(107)73(122)93-54(33-35-63(90)114)68(117)101-87(14,15)83(133)108-44-53(113)42-62(108)74(123)103-86(12,13)81(131)106-37-27-32-60(106)72(121)94-57(39-50-28-23-21-24-29-50)67(116)95-59(45-109)77(126)127/h21-26,28-31,46-48,52-62,65-66,109-110,112-113H,19-20,27,32-45H2,1-18H3,(H2,90,114)(H2,91,115)(H,92,111)(H,93,122)(H,94,121)(H,95,116)(H,96,130)(H,97,128)(H,98,124)(H,99,129)(H,100,118)(H,101,117)(H,102,119)(H,103,123)(H,104,125)(H,105,120)(H,126,127)/t47-,48+,52-,53-,54+,55+,56+,57+,58+,59-,60+,61+,62-,65-,66+,89-/m1/s1. The molecule has 738 valence electrons. The summed E-state index contributed by atoms with van der Waals surface area (Å²) in [6.07, 6.45) is -6.62. The van der Waals surface area contributed by atoms with Crippen LogP contribution in [-0.2, 0) is 109 Å². The Kier molecular flexibility index (Phi) is 40.0. The van der Waals surface area contributed by atoms with Crippen LogP contribution in [-0.4, -0.2) is 303 Å². The molecule has 3 heterocycles. The fourth-order valence-electron chi connectivity index (χ4n) is 15.3. The number of β-amino-alcohol motifs (C(OH)–C–C–N with tert-alkyl or cyclic N) is 2. The lowest BCUT2D eigenvalue weighted by atomic mass is 9.94. The molecule has 3 aliphatic heterocycles. The van der Waals surface area contributed by atoms with E-state index in [1.165, 1.54) is 88.0 Å². The van der Waals surface area contributed by atoms with Crippen LogP contribution in [0.1, 0.15) is 206 Å². The second-order valence-corrected chi connectivity index (χ2v) is 37.7. The Bertz CT molecular complexity index is 4590. The maximum atomic E-state index is 14.8. The molecule has 3 aliphatic rings. The maximum Gasteiger partial charge on any atom is 0.328 e. The second kappa shape index (κ2) is 47.9. The number of benzene rings is 2. The number of amides is 19. The zero-order valence-electron chi connectivity index (χ0n) is 78.9. The minimum Gasteiger partial charge on any atom is -0.480 e. The fourth-order valence-corrected chi connectivity index (χ4v) is 15.3. The average molecular weight is 1870 g/mol. The number of carboxylic acids is 1. The molecule has 2 aromatic rings. The molecule has 2 aromatic carbocycles. The first-order chi connectivity index (χ1) is 61.7. The number of likely N-dealkylation sites (tertiary alicyclic amines) is 3. The number of aliphatic carboxylic acids is 1. The zero-order chi connectivity index (χ0) is 101. The predicted molar refractivity (Wildman–Crippen MR) is 479 cm³/mol. The summed E-state index contributed by atoms with van der Waals surface area (Å²) in [6.45, 7) is 22.8. The molecular weight excluding hydrogens is 1740 g/mol. The van der Waals surface area contributed by atoms with Gasteiger partial charge in [-0.15, -0.1) is 0 Å². The van der Waals surface area contributed by atoms with Crippen LogP contribution in [0.25, 0.3) is 0 Å². The average Bonchev–Trinajstić information content (AvgIpc) is 1.66. The van der Waals surface area contributed by atoms with E-state index in [1.807, 2.05) is 0 Å². The van der Waals surface area contributed by atoms with Crippen LogP contribution in [0.3, 0.4) is 0 Å². The van der Waals surface area contributed by atoms with Gasteiger partial charge in [-0.1, -0.05) is 102 Å². The predicted octanol–water partition coefficient (Wildman–Crippen LogP) is -4.88. The number of aliphatic hydroxyl groups is 4. The number of aliphatic hydroxyl groups excluding tert-OH is 4. The van der Waals surface area contributed by atoms with Gasteiger partial charge < -0.3 is 126 Å². The van der Waals surface area contributed by atoms with Gasteiger partial charge in [-0.05, 0) is 145 Å². The molecule has 23 N–H and O–H groups in total. The van der Waals surface area contributed by atoms with Gasteiger partial charge in [0, 0.05) is 65.1 Å². The third kappa shape index (κ3) is 31.7. The Morgan fingerprint density at radius 3 is 1.29 bits per heavy atom. The Morgan fingerprint density at radius 1 is 0.436 bits per heavy atom. The summed E-state index contributed by atoms with van der Waals surface area (Å²) in [4.78, 5) is 281. The molecule has 133 heavy (non-hydrogen) atoms. The van der Waals surface area contributed by atoms with Gasteiger partial charge in [-0.25, -0.2) is 4.79 Å². The first-order valence-electron chi connectivity index (χ1n) is 44.5. The van der Waals surface area contributed by atoms with Gasteiger partial charge >= 0.3 is 5.97 Å². The Balaban J connectivity index is 1.25. The van der Waals surface area contributed by atoms with Crippen molar-refractivity contribution >= 4 is 118 Å². The molecule has 16 atom stereocenters. The zero-order valence-corrected chi connectivity index (χ0v) is 78.9. The molecule has 19 amide bonds. The van der Waals surface area contributed by atoms with E-state index >= 15 is 0 Å². The number of carbonyl (C=O) groups is 20. The number of rotatable bonds is 48. The van der Waals surface area contributed by atoms with Crippen molar-refractivity contribution in [1.82, 2.24) is 89.1 Å². The lowest BCUT2D eigenvalue weighted by Crippen LogP contribution is -2.66. The molecule has 0 spiro atoms. The quantitative estimate of drug-likeness (QED) is 0.0295. The Hall–Kier alpha value is -12.3. The van der Waals surface area contributed by atoms with Gasteiger partial charge in [0.1, 0.15) is 99.7 Å². The van der Waals surface area contributed by atoms with Crippen LogP contribution in [0.5, 0.6) is 0 Å². The minimum absolute atomic E-state index is 0.0154. The van der Waals surface area contributed by atoms with Crippen molar-refractivity contribution in [3.8, 4) is 0 Å². The van der Waals surface area contributed by atoms with Gasteiger partial charge in [0.25, 0.3) is 0 Å². The number of nitrogens with two attached hydrogens (primary N) is 2. The van der Waals surface area contributed by atoms with E-state index in [9.17, 15) is 121 Å². The molecule has 3 saturated heterocycles. The van der Waals surface area contributed by atoms with Gasteiger partial charge in [0.05, 0.1) is 24.9 Å². The van der Waals surface area contributed by atoms with Gasteiger partial charge in [0.15, 0.2) is 0 Å². The van der Waals surface area contributed by atoms with Crippen LogP contribution >= 0.6 is 0 Å². The van der Waals surface area contributed by atoms with Crippen molar-refractivity contribution in [3.05, 3.63) is 71.8 Å². The molecule has 44 heteroatoms. The molecular formula is C89H137N19O25. The summed E-state index contributed by atoms with van der Waals surface area (Å²) in [5.41, 5.74) is 0.812. The third-order valence-corrected chi connectivity index (χ3v) is 23.5. The molecule has 5 rings (SSSR count). The minimum atomic E-state index is -2.01. The normalized spacial score (nSPS) is 19.1. The summed E-state index contributed by atoms with van der Waals surface area (Å²) in [6, 6.07) is 0.570.